The van der Waals surface area contributed by atoms with E-state index in [1.165, 1.54) is 5.56 Å². The number of ether oxygens (including phenoxy) is 1. The Morgan fingerprint density at radius 2 is 1.76 bits per heavy atom. The molecule has 2 saturated heterocycles. The Bertz CT molecular complexity index is 1320. The summed E-state index contributed by atoms with van der Waals surface area (Å²) in [5.41, 5.74) is 7.27. The summed E-state index contributed by atoms with van der Waals surface area (Å²) in [6, 6.07) is 8.13. The van der Waals surface area contributed by atoms with Crippen LogP contribution in [0, 0.1) is 17.8 Å². The maximum Gasteiger partial charge on any atom is 0.410 e. The summed E-state index contributed by atoms with van der Waals surface area (Å²) in [6.07, 6.45) is 7.71. The van der Waals surface area contributed by atoms with E-state index in [1.807, 2.05) is 39.8 Å². The minimum Gasteiger partial charge on any atom is -0.444 e. The van der Waals surface area contributed by atoms with Crippen molar-refractivity contribution in [2.45, 2.75) is 98.0 Å². The van der Waals surface area contributed by atoms with Crippen molar-refractivity contribution in [1.82, 2.24) is 14.9 Å². The van der Waals surface area contributed by atoms with Gasteiger partial charge in [-0.1, -0.05) is 32.9 Å². The molecule has 4 rings (SSSR count). The summed E-state index contributed by atoms with van der Waals surface area (Å²) in [7, 11) is 0. The molecule has 3 unspecified atom stereocenters. The molecule has 0 aliphatic carbocycles. The number of hydrogen-bond donors (Lipinski definition) is 2. The van der Waals surface area contributed by atoms with E-state index in [0.29, 0.717) is 54.7 Å². The highest BCUT2D eigenvalue weighted by Crippen LogP contribution is 2.32. The van der Waals surface area contributed by atoms with Crippen molar-refractivity contribution in [2.24, 2.45) is 23.5 Å². The van der Waals surface area contributed by atoms with Crippen LogP contribution in [0.3, 0.4) is 0 Å². The number of primary amides is 1. The van der Waals surface area contributed by atoms with Crippen LogP contribution < -0.4 is 16.0 Å². The number of benzene rings is 1. The van der Waals surface area contributed by atoms with Crippen molar-refractivity contribution in [1.29, 1.82) is 0 Å². The number of likely N-dealkylation sites (tertiary alicyclic amines) is 1. The Labute approximate surface area is 268 Å². The number of piperidine rings is 2. The molecule has 3 atom stereocenters. The number of amides is 2. The zero-order chi connectivity index (χ0) is 32.7. The quantitative estimate of drug-likeness (QED) is 0.284. The van der Waals surface area contributed by atoms with Gasteiger partial charge in [-0.25, -0.2) is 14.8 Å². The molecule has 10 heteroatoms. The Hall–Kier alpha value is -3.69. The Kier molecular flexibility index (Phi) is 11.4. The van der Waals surface area contributed by atoms with Crippen LogP contribution in [-0.4, -0.2) is 64.4 Å². The molecule has 0 radical (unpaired) electrons. The number of nitrogens with one attached hydrogen (secondary N) is 1. The second-order valence-electron chi connectivity index (χ2n) is 13.9. The van der Waals surface area contributed by atoms with E-state index in [0.717, 1.165) is 57.3 Å². The maximum absolute atomic E-state index is 12.4. The minimum absolute atomic E-state index is 0.0998. The van der Waals surface area contributed by atoms with Crippen LogP contribution in [0.15, 0.2) is 30.5 Å². The number of aromatic nitrogens is 2. The molecule has 2 aliphatic rings. The lowest BCUT2D eigenvalue weighted by Gasteiger charge is -2.36. The molecule has 0 saturated carbocycles. The minimum atomic E-state index is -0.638. The first-order chi connectivity index (χ1) is 21.3. The summed E-state index contributed by atoms with van der Waals surface area (Å²) >= 11 is 0. The lowest BCUT2D eigenvalue weighted by atomic mass is 9.82. The van der Waals surface area contributed by atoms with Crippen LogP contribution in [-0.2, 0) is 9.53 Å². The van der Waals surface area contributed by atoms with Gasteiger partial charge in [-0.3, -0.25) is 9.59 Å². The fourth-order valence-corrected chi connectivity index (χ4v) is 6.26. The van der Waals surface area contributed by atoms with Crippen LogP contribution >= 0.6 is 0 Å². The smallest absolute Gasteiger partial charge is 0.410 e. The standard InChI is InChI=1S/C35H52N6O4/c1-7-23(2)29(42)15-10-24(3)27-9-8-18-41(22-27)30-21-37-31(32(36)43)33(39-30)38-28-13-11-25(12-14-28)26-16-19-40(20-17-26)34(44)45-35(4,5)6/h11-14,21,23-24,26-27H,7-10,15-20,22H2,1-6H3,(H2,36,43)(H,38,39). The maximum atomic E-state index is 12.4. The van der Waals surface area contributed by atoms with E-state index in [2.05, 4.69) is 41.2 Å². The van der Waals surface area contributed by atoms with Gasteiger partial charge in [0.05, 0.1) is 6.20 Å². The monoisotopic (exact) mass is 620 g/mol. The SMILES string of the molecule is CCC(C)C(=O)CCC(C)C1CCCN(c2cnc(C(N)=O)c(Nc3ccc(C4CCN(C(=O)OC(C)(C)C)CC4)cc3)n2)C1. The van der Waals surface area contributed by atoms with Crippen molar-refractivity contribution in [3.8, 4) is 0 Å². The predicted molar refractivity (Wildman–Crippen MR) is 178 cm³/mol. The number of nitrogens with zero attached hydrogens (tertiary/aromatic N) is 4. The molecule has 1 aromatic heterocycles. The third kappa shape index (κ3) is 9.41. The molecular weight excluding hydrogens is 568 g/mol. The zero-order valence-corrected chi connectivity index (χ0v) is 28.0. The second-order valence-corrected chi connectivity index (χ2v) is 13.9. The summed E-state index contributed by atoms with van der Waals surface area (Å²) in [5.74, 6) is 2.14. The summed E-state index contributed by atoms with van der Waals surface area (Å²) in [5, 5.41) is 3.28. The third-order valence-electron chi connectivity index (χ3n) is 9.38. The predicted octanol–water partition coefficient (Wildman–Crippen LogP) is 6.68. The van der Waals surface area contributed by atoms with Crippen LogP contribution in [0.5, 0.6) is 0 Å². The highest BCUT2D eigenvalue weighted by Gasteiger charge is 2.29. The van der Waals surface area contributed by atoms with Gasteiger partial charge in [-0.2, -0.15) is 0 Å². The van der Waals surface area contributed by atoms with Gasteiger partial charge in [-0.05, 0) is 94.7 Å². The first-order valence-corrected chi connectivity index (χ1v) is 16.6. The average molecular weight is 621 g/mol. The molecule has 1 aromatic carbocycles. The highest BCUT2D eigenvalue weighted by molar-refractivity contribution is 5.96. The molecule has 2 aliphatic heterocycles. The number of carbonyl (C=O) groups is 3. The highest BCUT2D eigenvalue weighted by atomic mass is 16.6. The molecule has 45 heavy (non-hydrogen) atoms. The second kappa shape index (κ2) is 15.1. The van der Waals surface area contributed by atoms with Gasteiger partial charge in [0.25, 0.3) is 5.91 Å². The molecular formula is C35H52N6O4. The molecule has 3 heterocycles. The summed E-state index contributed by atoms with van der Waals surface area (Å²) in [6.45, 7) is 15.0. The van der Waals surface area contributed by atoms with Crippen molar-refractivity contribution < 1.29 is 19.1 Å². The number of ketones is 1. The van der Waals surface area contributed by atoms with Gasteiger partial charge < -0.3 is 25.6 Å². The van der Waals surface area contributed by atoms with E-state index < -0.39 is 11.5 Å². The first-order valence-electron chi connectivity index (χ1n) is 16.6. The van der Waals surface area contributed by atoms with Gasteiger partial charge in [0, 0.05) is 44.2 Å². The first kappa shape index (κ1) is 34.2. The van der Waals surface area contributed by atoms with Crippen LogP contribution in [0.1, 0.15) is 108 Å². The molecule has 2 amide bonds. The Balaban J connectivity index is 1.38. The Morgan fingerprint density at radius 1 is 1.07 bits per heavy atom. The van der Waals surface area contributed by atoms with Gasteiger partial charge >= 0.3 is 6.09 Å². The number of rotatable bonds is 11. The summed E-state index contributed by atoms with van der Waals surface area (Å²) < 4.78 is 5.53. The number of Topliss-reactive ketones (excluding diaryl/α,β-unsaturated/α-hetero) is 1. The molecule has 2 fully saturated rings. The largest absolute Gasteiger partial charge is 0.444 e. The van der Waals surface area contributed by atoms with E-state index in [1.54, 1.807) is 11.1 Å². The topological polar surface area (TPSA) is 131 Å². The molecule has 246 valence electrons. The molecule has 0 bridgehead atoms. The van der Waals surface area contributed by atoms with Gasteiger partial charge in [0.1, 0.15) is 17.2 Å². The van der Waals surface area contributed by atoms with Gasteiger partial charge in [0.2, 0.25) is 0 Å². The Morgan fingerprint density at radius 3 is 2.38 bits per heavy atom. The lowest BCUT2D eigenvalue weighted by molar-refractivity contribution is -0.122. The van der Waals surface area contributed by atoms with Gasteiger partial charge in [0.15, 0.2) is 11.5 Å². The van der Waals surface area contributed by atoms with Crippen molar-refractivity contribution in [2.75, 3.05) is 36.4 Å². The van der Waals surface area contributed by atoms with Crippen LogP contribution in [0.4, 0.5) is 22.1 Å². The molecule has 0 spiro atoms. The lowest BCUT2D eigenvalue weighted by Crippen LogP contribution is -2.41. The van der Waals surface area contributed by atoms with Crippen molar-refractivity contribution in [3.63, 3.8) is 0 Å². The number of nitrogens with two attached hydrogens (primary N) is 1. The normalized spacial score (nSPS) is 19.1. The fourth-order valence-electron chi connectivity index (χ4n) is 6.26. The van der Waals surface area contributed by atoms with E-state index in [9.17, 15) is 14.4 Å². The van der Waals surface area contributed by atoms with E-state index >= 15 is 0 Å². The van der Waals surface area contributed by atoms with E-state index in [4.69, 9.17) is 15.5 Å². The zero-order valence-electron chi connectivity index (χ0n) is 28.0. The van der Waals surface area contributed by atoms with Crippen molar-refractivity contribution in [3.05, 3.63) is 41.7 Å². The summed E-state index contributed by atoms with van der Waals surface area (Å²) in [4.78, 5) is 50.3. The van der Waals surface area contributed by atoms with Crippen LogP contribution in [0.2, 0.25) is 0 Å². The van der Waals surface area contributed by atoms with Crippen LogP contribution in [0.25, 0.3) is 0 Å². The molecule has 2 aromatic rings. The average Bonchev–Trinajstić information content (AvgIpc) is 3.02. The van der Waals surface area contributed by atoms with E-state index in [-0.39, 0.29) is 17.7 Å². The third-order valence-corrected chi connectivity index (χ3v) is 9.38. The van der Waals surface area contributed by atoms with Crippen molar-refractivity contribution >= 4 is 35.1 Å². The fraction of sp³-hybridized carbons (Fsp3) is 0.629. The number of carbonyl (C=O) groups excluding carboxylic acids is 3. The number of anilines is 3. The number of hydrogen-bond acceptors (Lipinski definition) is 8. The molecule has 10 nitrogen and oxygen atoms in total. The molecule has 3 N–H and O–H groups in total. The van der Waals surface area contributed by atoms with Gasteiger partial charge in [-0.15, -0.1) is 0 Å².